The number of aliphatic hydroxyl groups is 1. The second kappa shape index (κ2) is 7.22. The lowest BCUT2D eigenvalue weighted by Gasteiger charge is -2.44. The third-order valence-electron chi connectivity index (χ3n) is 6.59. The van der Waals surface area contributed by atoms with Crippen LogP contribution >= 0.6 is 0 Å². The molecule has 168 valence electrons. The van der Waals surface area contributed by atoms with E-state index in [-0.39, 0.29) is 12.6 Å². The highest BCUT2D eigenvalue weighted by molar-refractivity contribution is 5.64. The van der Waals surface area contributed by atoms with Crippen LogP contribution in [0.25, 0.3) is 22.8 Å². The van der Waals surface area contributed by atoms with Crippen LogP contribution in [0.3, 0.4) is 0 Å². The Hall–Kier alpha value is -3.57. The number of nitrogens with zero attached hydrogens (tertiary/aromatic N) is 8. The maximum absolute atomic E-state index is 14.0. The molecule has 0 aliphatic carbocycles. The number of rotatable bonds is 3. The maximum atomic E-state index is 14.0. The Bertz CT molecular complexity index is 1370. The van der Waals surface area contributed by atoms with E-state index in [9.17, 15) is 13.9 Å². The summed E-state index contributed by atoms with van der Waals surface area (Å²) in [6.45, 7) is 3.78. The van der Waals surface area contributed by atoms with Crippen LogP contribution in [0.1, 0.15) is 18.3 Å². The molecule has 0 radical (unpaired) electrons. The zero-order valence-electron chi connectivity index (χ0n) is 17.7. The van der Waals surface area contributed by atoms with Gasteiger partial charge in [-0.3, -0.25) is 9.88 Å². The smallest absolute Gasteiger partial charge is 0.183 e. The summed E-state index contributed by atoms with van der Waals surface area (Å²) in [4.78, 5) is 14.8. The van der Waals surface area contributed by atoms with E-state index in [2.05, 4.69) is 30.0 Å². The second-order valence-electron chi connectivity index (χ2n) is 8.47. The first-order valence-corrected chi connectivity index (χ1v) is 10.6. The van der Waals surface area contributed by atoms with Gasteiger partial charge in [-0.15, -0.1) is 0 Å². The van der Waals surface area contributed by atoms with Crippen LogP contribution in [0.15, 0.2) is 43.0 Å². The standard InChI is InChI=1S/C22H20F2N8O/c1-13(22(33)11-32-21(26-12-27-32)17-7-15(23)2-3-18(17)22)30-4-5-31-19(10-30)28-20(29-31)14-6-16(24)9-25-8-14/h2-3,6-9,12-13,33H,4-5,10-11H2,1H3. The number of pyridine rings is 1. The van der Waals surface area contributed by atoms with Gasteiger partial charge in [-0.05, 0) is 30.7 Å². The molecule has 5 heterocycles. The van der Waals surface area contributed by atoms with Gasteiger partial charge in [0.2, 0.25) is 0 Å². The first kappa shape index (κ1) is 20.1. The molecule has 0 saturated heterocycles. The Labute approximate surface area is 187 Å². The molecule has 33 heavy (non-hydrogen) atoms. The fraction of sp³-hybridized carbons (Fsp3) is 0.318. The van der Waals surface area contributed by atoms with E-state index in [1.54, 1.807) is 15.4 Å². The SMILES string of the molecule is CC(N1CCn2nc(-c3cncc(F)c3)nc2C1)C1(O)Cn2ncnc2-c2cc(F)ccc21. The third kappa shape index (κ3) is 3.15. The fourth-order valence-corrected chi connectivity index (χ4v) is 4.78. The van der Waals surface area contributed by atoms with Gasteiger partial charge in [-0.1, -0.05) is 6.07 Å². The lowest BCUT2D eigenvalue weighted by Crippen LogP contribution is -2.54. The highest BCUT2D eigenvalue weighted by Crippen LogP contribution is 2.41. The van der Waals surface area contributed by atoms with Crippen molar-refractivity contribution < 1.29 is 13.9 Å². The van der Waals surface area contributed by atoms with Crippen LogP contribution in [-0.2, 0) is 25.2 Å². The van der Waals surface area contributed by atoms with Gasteiger partial charge in [0, 0.05) is 29.9 Å². The van der Waals surface area contributed by atoms with E-state index in [0.29, 0.717) is 53.8 Å². The van der Waals surface area contributed by atoms with E-state index < -0.39 is 17.2 Å². The van der Waals surface area contributed by atoms with E-state index in [1.165, 1.54) is 30.7 Å². The second-order valence-corrected chi connectivity index (χ2v) is 8.47. The lowest BCUT2D eigenvalue weighted by molar-refractivity contribution is -0.0708. The fourth-order valence-electron chi connectivity index (χ4n) is 4.78. The number of halogens is 2. The van der Waals surface area contributed by atoms with Gasteiger partial charge in [-0.25, -0.2) is 28.1 Å². The van der Waals surface area contributed by atoms with Gasteiger partial charge in [-0.2, -0.15) is 10.2 Å². The molecule has 11 heteroatoms. The average molecular weight is 450 g/mol. The average Bonchev–Trinajstić information content (AvgIpc) is 3.45. The molecule has 4 aromatic rings. The van der Waals surface area contributed by atoms with Crippen LogP contribution < -0.4 is 0 Å². The number of fused-ring (bicyclic) bond motifs is 4. The summed E-state index contributed by atoms with van der Waals surface area (Å²) in [5.41, 5.74) is 0.350. The molecule has 0 saturated carbocycles. The number of aromatic nitrogens is 7. The van der Waals surface area contributed by atoms with Gasteiger partial charge in [0.1, 0.15) is 29.4 Å². The zero-order valence-corrected chi connectivity index (χ0v) is 17.7. The molecular weight excluding hydrogens is 430 g/mol. The van der Waals surface area contributed by atoms with E-state index in [4.69, 9.17) is 0 Å². The molecule has 3 aromatic heterocycles. The van der Waals surface area contributed by atoms with Crippen molar-refractivity contribution in [2.45, 2.75) is 38.2 Å². The quantitative estimate of drug-likeness (QED) is 0.510. The molecule has 9 nitrogen and oxygen atoms in total. The first-order chi connectivity index (χ1) is 15.9. The van der Waals surface area contributed by atoms with Crippen LogP contribution in [0.2, 0.25) is 0 Å². The molecule has 0 bridgehead atoms. The molecular formula is C22H20F2N8O. The number of benzene rings is 1. The molecule has 2 atom stereocenters. The van der Waals surface area contributed by atoms with Crippen molar-refractivity contribution in [3.8, 4) is 22.8 Å². The predicted octanol–water partition coefficient (Wildman–Crippen LogP) is 1.98. The van der Waals surface area contributed by atoms with Crippen LogP contribution in [0, 0.1) is 11.6 Å². The summed E-state index contributed by atoms with van der Waals surface area (Å²) < 4.78 is 31.0. The molecule has 2 unspecified atom stereocenters. The Kier molecular flexibility index (Phi) is 4.39. The first-order valence-electron chi connectivity index (χ1n) is 10.6. The molecule has 0 spiro atoms. The van der Waals surface area contributed by atoms with Crippen molar-refractivity contribution in [2.75, 3.05) is 6.54 Å². The lowest BCUT2D eigenvalue weighted by atomic mass is 9.80. The molecule has 6 rings (SSSR count). The summed E-state index contributed by atoms with van der Waals surface area (Å²) in [7, 11) is 0. The minimum absolute atomic E-state index is 0.200. The molecule has 0 amide bonds. The van der Waals surface area contributed by atoms with Crippen LogP contribution in [0.5, 0.6) is 0 Å². The Morgan fingerprint density at radius 2 is 1.97 bits per heavy atom. The van der Waals surface area contributed by atoms with Crippen molar-refractivity contribution >= 4 is 0 Å². The van der Waals surface area contributed by atoms with Gasteiger partial charge in [0.05, 0.1) is 25.8 Å². The van der Waals surface area contributed by atoms with Crippen molar-refractivity contribution in [1.29, 1.82) is 0 Å². The van der Waals surface area contributed by atoms with Gasteiger partial charge < -0.3 is 5.11 Å². The van der Waals surface area contributed by atoms with E-state index in [1.807, 2.05) is 6.92 Å². The molecule has 2 aliphatic rings. The zero-order chi connectivity index (χ0) is 22.7. The summed E-state index contributed by atoms with van der Waals surface area (Å²) in [5, 5.41) is 20.6. The molecule has 2 aliphatic heterocycles. The van der Waals surface area contributed by atoms with Gasteiger partial charge in [0.25, 0.3) is 0 Å². The van der Waals surface area contributed by atoms with Crippen molar-refractivity contribution in [3.63, 3.8) is 0 Å². The highest BCUT2D eigenvalue weighted by atomic mass is 19.1. The summed E-state index contributed by atoms with van der Waals surface area (Å²) >= 11 is 0. The van der Waals surface area contributed by atoms with Crippen molar-refractivity contribution in [1.82, 2.24) is 39.4 Å². The third-order valence-corrected chi connectivity index (χ3v) is 6.59. The topological polar surface area (TPSA) is 97.8 Å². The molecule has 1 N–H and O–H groups in total. The van der Waals surface area contributed by atoms with Crippen molar-refractivity contribution in [2.24, 2.45) is 0 Å². The number of hydrogen-bond acceptors (Lipinski definition) is 7. The molecule has 1 aromatic carbocycles. The van der Waals surface area contributed by atoms with E-state index in [0.717, 1.165) is 6.20 Å². The predicted molar refractivity (Wildman–Crippen MR) is 112 cm³/mol. The van der Waals surface area contributed by atoms with Crippen LogP contribution in [-0.4, -0.2) is 57.1 Å². The maximum Gasteiger partial charge on any atom is 0.183 e. The minimum atomic E-state index is -1.32. The molecule has 0 fully saturated rings. The summed E-state index contributed by atoms with van der Waals surface area (Å²) in [5.74, 6) is 0.819. The Morgan fingerprint density at radius 3 is 2.82 bits per heavy atom. The monoisotopic (exact) mass is 450 g/mol. The van der Waals surface area contributed by atoms with Crippen molar-refractivity contribution in [3.05, 3.63) is 66.0 Å². The Morgan fingerprint density at radius 1 is 1.09 bits per heavy atom. The van der Waals surface area contributed by atoms with Crippen LogP contribution in [0.4, 0.5) is 8.78 Å². The summed E-state index contributed by atoms with van der Waals surface area (Å²) in [6.07, 6.45) is 4.08. The minimum Gasteiger partial charge on any atom is -0.382 e. The van der Waals surface area contributed by atoms with E-state index >= 15 is 0 Å². The normalized spacial score (nSPS) is 20.7. The summed E-state index contributed by atoms with van der Waals surface area (Å²) in [6, 6.07) is 5.38. The highest BCUT2D eigenvalue weighted by Gasteiger charge is 2.46. The number of hydrogen-bond donors (Lipinski definition) is 1. The van der Waals surface area contributed by atoms with Gasteiger partial charge >= 0.3 is 0 Å². The van der Waals surface area contributed by atoms with Gasteiger partial charge in [0.15, 0.2) is 11.6 Å². The Balaban J connectivity index is 1.33. The largest absolute Gasteiger partial charge is 0.382 e.